The van der Waals surface area contributed by atoms with Gasteiger partial charge in [0.1, 0.15) is 5.65 Å². The van der Waals surface area contributed by atoms with Gasteiger partial charge in [0.05, 0.1) is 31.0 Å². The molecule has 1 N–H and O–H groups in total. The fourth-order valence-corrected chi connectivity index (χ4v) is 4.06. The second-order valence-corrected chi connectivity index (χ2v) is 8.47. The average Bonchev–Trinajstić information content (AvgIpc) is 3.11. The minimum atomic E-state index is 0.0365. The van der Waals surface area contributed by atoms with Gasteiger partial charge >= 0.3 is 0 Å². The smallest absolute Gasteiger partial charge is 0.226 e. The van der Waals surface area contributed by atoms with Crippen LogP contribution in [0.2, 0.25) is 0 Å². The molecule has 3 heterocycles. The predicted molar refractivity (Wildman–Crippen MR) is 123 cm³/mol. The molecule has 6 heteroatoms. The molecule has 0 aliphatic carbocycles. The molecular formula is C25H32N4O2. The van der Waals surface area contributed by atoms with Crippen LogP contribution in [-0.4, -0.2) is 59.6 Å². The Kier molecular flexibility index (Phi) is 6.68. The van der Waals surface area contributed by atoms with Crippen molar-refractivity contribution in [3.8, 4) is 11.3 Å². The number of benzene rings is 1. The van der Waals surface area contributed by atoms with E-state index in [1.165, 1.54) is 11.1 Å². The van der Waals surface area contributed by atoms with Crippen LogP contribution >= 0.6 is 0 Å². The lowest BCUT2D eigenvalue weighted by Crippen LogP contribution is -2.38. The zero-order valence-electron chi connectivity index (χ0n) is 18.8. The molecule has 0 spiro atoms. The number of hydrogen-bond acceptors (Lipinski definition) is 4. The number of ether oxygens (including phenoxy) is 1. The Bertz CT molecular complexity index is 1070. The first-order valence-electron chi connectivity index (χ1n) is 11.1. The van der Waals surface area contributed by atoms with Crippen LogP contribution in [0.15, 0.2) is 36.5 Å². The topological polar surface area (TPSA) is 58.9 Å². The van der Waals surface area contributed by atoms with E-state index in [1.54, 1.807) is 0 Å². The molecule has 1 amide bonds. The molecule has 0 unspecified atom stereocenters. The number of morpholine rings is 1. The summed E-state index contributed by atoms with van der Waals surface area (Å²) in [6, 6.07) is 10.5. The van der Waals surface area contributed by atoms with Crippen molar-refractivity contribution in [2.24, 2.45) is 0 Å². The number of hydrogen-bond donors (Lipinski definition) is 1. The lowest BCUT2D eigenvalue weighted by Gasteiger charge is -2.26. The molecule has 1 fully saturated rings. The molecule has 3 aromatic rings. The molecule has 1 aliphatic heterocycles. The van der Waals surface area contributed by atoms with Crippen molar-refractivity contribution in [3.05, 3.63) is 58.9 Å². The van der Waals surface area contributed by atoms with E-state index in [0.717, 1.165) is 67.4 Å². The molecule has 0 saturated carbocycles. The SMILES string of the molecule is Cc1ccn2c(CC(=O)NCCCN3CCOCC3)c(-c3ccc(C)c(C)c3)nc2c1. The number of rotatable bonds is 7. The van der Waals surface area contributed by atoms with E-state index < -0.39 is 0 Å². The van der Waals surface area contributed by atoms with Crippen LogP contribution in [0.3, 0.4) is 0 Å². The number of amides is 1. The zero-order chi connectivity index (χ0) is 21.8. The van der Waals surface area contributed by atoms with E-state index in [0.29, 0.717) is 13.0 Å². The fourth-order valence-electron chi connectivity index (χ4n) is 4.06. The van der Waals surface area contributed by atoms with Crippen LogP contribution in [0.5, 0.6) is 0 Å². The third kappa shape index (κ3) is 5.14. The third-order valence-electron chi connectivity index (χ3n) is 6.07. The highest BCUT2D eigenvalue weighted by Gasteiger charge is 2.18. The molecule has 31 heavy (non-hydrogen) atoms. The highest BCUT2D eigenvalue weighted by molar-refractivity contribution is 5.81. The van der Waals surface area contributed by atoms with Crippen molar-refractivity contribution in [1.82, 2.24) is 19.6 Å². The van der Waals surface area contributed by atoms with Crippen LogP contribution in [-0.2, 0) is 16.0 Å². The monoisotopic (exact) mass is 420 g/mol. The van der Waals surface area contributed by atoms with Gasteiger partial charge in [-0.3, -0.25) is 9.69 Å². The summed E-state index contributed by atoms with van der Waals surface area (Å²) in [5, 5.41) is 3.10. The molecule has 1 aliphatic rings. The lowest BCUT2D eigenvalue weighted by molar-refractivity contribution is -0.120. The highest BCUT2D eigenvalue weighted by Crippen LogP contribution is 2.27. The minimum Gasteiger partial charge on any atom is -0.379 e. The number of carbonyl (C=O) groups is 1. The number of nitrogens with one attached hydrogen (secondary N) is 1. The van der Waals surface area contributed by atoms with Gasteiger partial charge in [-0.1, -0.05) is 12.1 Å². The van der Waals surface area contributed by atoms with E-state index >= 15 is 0 Å². The second kappa shape index (κ2) is 9.62. The van der Waals surface area contributed by atoms with Gasteiger partial charge in [0, 0.05) is 31.4 Å². The van der Waals surface area contributed by atoms with Crippen molar-refractivity contribution in [1.29, 1.82) is 0 Å². The maximum absolute atomic E-state index is 12.8. The number of aryl methyl sites for hydroxylation is 3. The minimum absolute atomic E-state index is 0.0365. The van der Waals surface area contributed by atoms with Crippen LogP contribution in [0, 0.1) is 20.8 Å². The Morgan fingerprint density at radius 3 is 2.68 bits per heavy atom. The van der Waals surface area contributed by atoms with Gasteiger partial charge in [-0.2, -0.15) is 0 Å². The van der Waals surface area contributed by atoms with Crippen molar-refractivity contribution in [2.45, 2.75) is 33.6 Å². The number of nitrogens with zero attached hydrogens (tertiary/aromatic N) is 3. The maximum atomic E-state index is 12.8. The van der Waals surface area contributed by atoms with E-state index in [9.17, 15) is 4.79 Å². The largest absolute Gasteiger partial charge is 0.379 e. The van der Waals surface area contributed by atoms with Gasteiger partial charge in [-0.05, 0) is 68.6 Å². The van der Waals surface area contributed by atoms with Crippen molar-refractivity contribution >= 4 is 11.6 Å². The summed E-state index contributed by atoms with van der Waals surface area (Å²) < 4.78 is 7.43. The maximum Gasteiger partial charge on any atom is 0.226 e. The van der Waals surface area contributed by atoms with Gasteiger partial charge in [-0.25, -0.2) is 4.98 Å². The average molecular weight is 421 g/mol. The molecule has 164 valence electrons. The number of imidazole rings is 1. The first-order valence-corrected chi connectivity index (χ1v) is 11.1. The summed E-state index contributed by atoms with van der Waals surface area (Å²) in [5.41, 5.74) is 7.39. The second-order valence-electron chi connectivity index (χ2n) is 8.47. The molecule has 2 aromatic heterocycles. The number of aromatic nitrogens is 2. The van der Waals surface area contributed by atoms with E-state index in [1.807, 2.05) is 10.6 Å². The van der Waals surface area contributed by atoms with E-state index in [-0.39, 0.29) is 5.91 Å². The van der Waals surface area contributed by atoms with Gasteiger partial charge in [0.2, 0.25) is 5.91 Å². The molecule has 6 nitrogen and oxygen atoms in total. The van der Waals surface area contributed by atoms with Crippen molar-refractivity contribution < 1.29 is 9.53 Å². The molecular weight excluding hydrogens is 388 g/mol. The van der Waals surface area contributed by atoms with E-state index in [4.69, 9.17) is 9.72 Å². The summed E-state index contributed by atoms with van der Waals surface area (Å²) in [6.07, 6.45) is 3.27. The summed E-state index contributed by atoms with van der Waals surface area (Å²) in [7, 11) is 0. The van der Waals surface area contributed by atoms with Gasteiger partial charge in [-0.15, -0.1) is 0 Å². The normalized spacial score (nSPS) is 14.8. The molecule has 0 atom stereocenters. The highest BCUT2D eigenvalue weighted by atomic mass is 16.5. The van der Waals surface area contributed by atoms with Crippen molar-refractivity contribution in [2.75, 3.05) is 39.4 Å². The summed E-state index contributed by atoms with van der Waals surface area (Å²) in [4.78, 5) is 20.1. The summed E-state index contributed by atoms with van der Waals surface area (Å²) in [6.45, 7) is 11.5. The first kappa shape index (κ1) is 21.5. The Hall–Kier alpha value is -2.70. The number of carbonyl (C=O) groups excluding carboxylic acids is 1. The Morgan fingerprint density at radius 2 is 1.90 bits per heavy atom. The summed E-state index contributed by atoms with van der Waals surface area (Å²) in [5.74, 6) is 0.0365. The predicted octanol–water partition coefficient (Wildman–Crippen LogP) is 3.31. The Morgan fingerprint density at radius 1 is 1.10 bits per heavy atom. The lowest BCUT2D eigenvalue weighted by atomic mass is 10.0. The van der Waals surface area contributed by atoms with Crippen LogP contribution in [0.4, 0.5) is 0 Å². The van der Waals surface area contributed by atoms with Crippen LogP contribution in [0.1, 0.15) is 28.8 Å². The van der Waals surface area contributed by atoms with Gasteiger partial charge in [0.25, 0.3) is 0 Å². The van der Waals surface area contributed by atoms with E-state index in [2.05, 4.69) is 61.3 Å². The molecule has 0 radical (unpaired) electrons. The Labute approximate surface area is 184 Å². The zero-order valence-corrected chi connectivity index (χ0v) is 18.8. The number of pyridine rings is 1. The third-order valence-corrected chi connectivity index (χ3v) is 6.07. The molecule has 1 saturated heterocycles. The van der Waals surface area contributed by atoms with Crippen molar-refractivity contribution in [3.63, 3.8) is 0 Å². The molecule has 4 rings (SSSR count). The molecule has 0 bridgehead atoms. The van der Waals surface area contributed by atoms with Crippen LogP contribution < -0.4 is 5.32 Å². The van der Waals surface area contributed by atoms with Crippen LogP contribution in [0.25, 0.3) is 16.9 Å². The first-order chi connectivity index (χ1) is 15.0. The quantitative estimate of drug-likeness (QED) is 0.596. The standard InChI is InChI=1S/C25H32N4O2/c1-18-7-10-29-22(17-24(30)26-8-4-9-28-11-13-31-14-12-28)25(27-23(29)15-18)21-6-5-19(2)20(3)16-21/h5-7,10,15-16H,4,8-9,11-14,17H2,1-3H3,(H,26,30). The van der Waals surface area contributed by atoms with Gasteiger partial charge < -0.3 is 14.5 Å². The fraction of sp³-hybridized carbons (Fsp3) is 0.440. The molecule has 1 aromatic carbocycles. The summed E-state index contributed by atoms with van der Waals surface area (Å²) >= 11 is 0. The Balaban J connectivity index is 1.48. The number of fused-ring (bicyclic) bond motifs is 1. The van der Waals surface area contributed by atoms with Gasteiger partial charge in [0.15, 0.2) is 0 Å².